The molecule has 0 heterocycles. The fourth-order valence-corrected chi connectivity index (χ4v) is 1.78. The monoisotopic (exact) mass is 304 g/mol. The van der Waals surface area contributed by atoms with Crippen LogP contribution in [0.25, 0.3) is 0 Å². The van der Waals surface area contributed by atoms with E-state index >= 15 is 0 Å². The summed E-state index contributed by atoms with van der Waals surface area (Å²) >= 11 is 0. The van der Waals surface area contributed by atoms with Crippen molar-refractivity contribution in [1.82, 2.24) is 10.6 Å². The zero-order valence-electron chi connectivity index (χ0n) is 13.9. The van der Waals surface area contributed by atoms with Gasteiger partial charge in [-0.25, -0.2) is 4.99 Å². The van der Waals surface area contributed by atoms with Crippen LogP contribution in [-0.4, -0.2) is 25.0 Å². The summed E-state index contributed by atoms with van der Waals surface area (Å²) in [7, 11) is 0. The van der Waals surface area contributed by atoms with Crippen molar-refractivity contribution >= 4 is 11.9 Å². The Morgan fingerprint density at radius 2 is 1.91 bits per heavy atom. The lowest BCUT2D eigenvalue weighted by Crippen LogP contribution is -2.34. The second kappa shape index (κ2) is 9.82. The Morgan fingerprint density at radius 1 is 1.23 bits per heavy atom. The van der Waals surface area contributed by atoms with Crippen LogP contribution >= 0.6 is 0 Å². The Balaban J connectivity index is 2.47. The lowest BCUT2D eigenvalue weighted by Gasteiger charge is -2.08. The van der Waals surface area contributed by atoms with E-state index in [0.29, 0.717) is 24.0 Å². The summed E-state index contributed by atoms with van der Waals surface area (Å²) < 4.78 is 0. The highest BCUT2D eigenvalue weighted by Gasteiger charge is 2.04. The number of aliphatic imine (C=N–C) groups is 1. The minimum absolute atomic E-state index is 0.0263. The van der Waals surface area contributed by atoms with Crippen molar-refractivity contribution in [2.24, 2.45) is 16.6 Å². The smallest absolute Gasteiger partial charge is 0.251 e. The molecule has 0 saturated carbocycles. The molecular formula is C17H28N4O. The van der Waals surface area contributed by atoms with Crippen molar-refractivity contribution in [2.75, 3.05) is 13.1 Å². The maximum atomic E-state index is 11.9. The van der Waals surface area contributed by atoms with Crippen molar-refractivity contribution < 1.29 is 4.79 Å². The molecule has 122 valence electrons. The number of amides is 1. The molecule has 1 aromatic rings. The third-order valence-corrected chi connectivity index (χ3v) is 3.16. The van der Waals surface area contributed by atoms with Gasteiger partial charge >= 0.3 is 0 Å². The maximum Gasteiger partial charge on any atom is 0.251 e. The molecular weight excluding hydrogens is 276 g/mol. The molecule has 0 atom stereocenters. The van der Waals surface area contributed by atoms with Crippen LogP contribution in [0.15, 0.2) is 29.3 Å². The third kappa shape index (κ3) is 7.11. The van der Waals surface area contributed by atoms with Gasteiger partial charge < -0.3 is 16.4 Å². The van der Waals surface area contributed by atoms with Crippen LogP contribution in [0.4, 0.5) is 0 Å². The summed E-state index contributed by atoms with van der Waals surface area (Å²) in [6.07, 6.45) is 2.07. The fourth-order valence-electron chi connectivity index (χ4n) is 1.78. The highest BCUT2D eigenvalue weighted by atomic mass is 16.1. The van der Waals surface area contributed by atoms with Crippen molar-refractivity contribution in [1.29, 1.82) is 0 Å². The largest absolute Gasteiger partial charge is 0.370 e. The number of rotatable bonds is 8. The Morgan fingerprint density at radius 3 is 2.50 bits per heavy atom. The van der Waals surface area contributed by atoms with Crippen molar-refractivity contribution in [3.05, 3.63) is 35.4 Å². The molecule has 0 aliphatic carbocycles. The average Bonchev–Trinajstić information content (AvgIpc) is 2.51. The number of benzene rings is 1. The van der Waals surface area contributed by atoms with Crippen molar-refractivity contribution in [3.8, 4) is 0 Å². The Kier molecular flexibility index (Phi) is 8.04. The van der Waals surface area contributed by atoms with Gasteiger partial charge in [-0.3, -0.25) is 4.79 Å². The summed E-state index contributed by atoms with van der Waals surface area (Å²) in [5.41, 5.74) is 7.49. The van der Waals surface area contributed by atoms with E-state index in [9.17, 15) is 4.79 Å². The molecule has 0 aromatic heterocycles. The topological polar surface area (TPSA) is 79.5 Å². The number of hydrogen-bond donors (Lipinski definition) is 3. The molecule has 1 aromatic carbocycles. The second-order valence-corrected chi connectivity index (χ2v) is 5.78. The summed E-state index contributed by atoms with van der Waals surface area (Å²) in [5.74, 6) is 0.955. The quantitative estimate of drug-likeness (QED) is 0.391. The molecule has 0 aliphatic heterocycles. The SMILES string of the molecule is CCCCNC(=O)c1ccc(CN=C(N)NCC(C)C)cc1. The summed E-state index contributed by atoms with van der Waals surface area (Å²) in [6.45, 7) is 8.37. The predicted molar refractivity (Wildman–Crippen MR) is 91.9 cm³/mol. The number of carbonyl (C=O) groups excluding carboxylic acids is 1. The number of nitrogens with one attached hydrogen (secondary N) is 2. The van der Waals surface area contributed by atoms with E-state index in [1.54, 1.807) is 0 Å². The predicted octanol–water partition coefficient (Wildman–Crippen LogP) is 2.28. The second-order valence-electron chi connectivity index (χ2n) is 5.78. The van der Waals surface area contributed by atoms with Gasteiger partial charge in [0.25, 0.3) is 5.91 Å². The number of guanidine groups is 1. The van der Waals surface area contributed by atoms with Gasteiger partial charge in [0, 0.05) is 18.7 Å². The minimum Gasteiger partial charge on any atom is -0.370 e. The number of nitrogens with zero attached hydrogens (tertiary/aromatic N) is 1. The maximum absolute atomic E-state index is 11.9. The number of nitrogens with two attached hydrogens (primary N) is 1. The van der Waals surface area contributed by atoms with Gasteiger partial charge in [0.15, 0.2) is 5.96 Å². The number of hydrogen-bond acceptors (Lipinski definition) is 2. The number of carbonyl (C=O) groups is 1. The molecule has 0 fully saturated rings. The van der Waals surface area contributed by atoms with E-state index in [4.69, 9.17) is 5.73 Å². The van der Waals surface area contributed by atoms with Gasteiger partial charge in [-0.15, -0.1) is 0 Å². The summed E-state index contributed by atoms with van der Waals surface area (Å²) in [5, 5.41) is 5.97. The van der Waals surface area contributed by atoms with Crippen LogP contribution in [0.1, 0.15) is 49.5 Å². The molecule has 5 heteroatoms. The molecule has 1 rings (SSSR count). The molecule has 5 nitrogen and oxygen atoms in total. The Labute approximate surface area is 133 Å². The van der Waals surface area contributed by atoms with Gasteiger partial charge in [-0.1, -0.05) is 39.3 Å². The van der Waals surface area contributed by atoms with Gasteiger partial charge in [-0.05, 0) is 30.0 Å². The van der Waals surface area contributed by atoms with E-state index < -0.39 is 0 Å². The molecule has 0 aliphatic rings. The van der Waals surface area contributed by atoms with E-state index in [-0.39, 0.29) is 5.91 Å². The van der Waals surface area contributed by atoms with Gasteiger partial charge in [0.2, 0.25) is 0 Å². The first kappa shape index (κ1) is 18.0. The van der Waals surface area contributed by atoms with Gasteiger partial charge in [-0.2, -0.15) is 0 Å². The van der Waals surface area contributed by atoms with Gasteiger partial charge in [0.1, 0.15) is 0 Å². The van der Waals surface area contributed by atoms with Gasteiger partial charge in [0.05, 0.1) is 6.54 Å². The van der Waals surface area contributed by atoms with E-state index in [2.05, 4.69) is 36.4 Å². The lowest BCUT2D eigenvalue weighted by atomic mass is 10.1. The zero-order valence-corrected chi connectivity index (χ0v) is 13.9. The molecule has 1 amide bonds. The first-order valence-electron chi connectivity index (χ1n) is 7.93. The normalized spacial score (nSPS) is 11.5. The summed E-state index contributed by atoms with van der Waals surface area (Å²) in [6, 6.07) is 7.47. The zero-order chi connectivity index (χ0) is 16.4. The molecule has 0 unspecified atom stereocenters. The highest BCUT2D eigenvalue weighted by molar-refractivity contribution is 5.94. The van der Waals surface area contributed by atoms with Crippen molar-refractivity contribution in [3.63, 3.8) is 0 Å². The van der Waals surface area contributed by atoms with Crippen LogP contribution < -0.4 is 16.4 Å². The third-order valence-electron chi connectivity index (χ3n) is 3.16. The van der Waals surface area contributed by atoms with Crippen LogP contribution in [0.3, 0.4) is 0 Å². The van der Waals surface area contributed by atoms with Crippen LogP contribution in [0.5, 0.6) is 0 Å². The first-order valence-corrected chi connectivity index (χ1v) is 7.93. The lowest BCUT2D eigenvalue weighted by molar-refractivity contribution is 0.0953. The van der Waals surface area contributed by atoms with E-state index in [1.165, 1.54) is 0 Å². The molecule has 0 radical (unpaired) electrons. The first-order chi connectivity index (χ1) is 10.5. The van der Waals surface area contributed by atoms with E-state index in [0.717, 1.165) is 31.5 Å². The van der Waals surface area contributed by atoms with Crippen molar-refractivity contribution in [2.45, 2.75) is 40.2 Å². The molecule has 0 saturated heterocycles. The molecule has 0 bridgehead atoms. The standard InChI is InChI=1S/C17H28N4O/c1-4-5-10-19-16(22)15-8-6-14(7-9-15)12-21-17(18)20-11-13(2)3/h6-9,13H,4-5,10-12H2,1-3H3,(H,19,22)(H3,18,20,21). The molecule has 22 heavy (non-hydrogen) atoms. The van der Waals surface area contributed by atoms with Crippen LogP contribution in [-0.2, 0) is 6.54 Å². The average molecular weight is 304 g/mol. The highest BCUT2D eigenvalue weighted by Crippen LogP contribution is 2.06. The Hall–Kier alpha value is -2.04. The van der Waals surface area contributed by atoms with Crippen LogP contribution in [0, 0.1) is 5.92 Å². The number of unbranched alkanes of at least 4 members (excludes halogenated alkanes) is 1. The summed E-state index contributed by atoms with van der Waals surface area (Å²) in [4.78, 5) is 16.2. The Bertz CT molecular complexity index is 480. The molecule has 4 N–H and O–H groups in total. The van der Waals surface area contributed by atoms with Crippen LogP contribution in [0.2, 0.25) is 0 Å². The van der Waals surface area contributed by atoms with E-state index in [1.807, 2.05) is 24.3 Å². The molecule has 0 spiro atoms. The minimum atomic E-state index is -0.0263. The fraction of sp³-hybridized carbons (Fsp3) is 0.529.